The van der Waals surface area contributed by atoms with Crippen LogP contribution in [0.5, 0.6) is 0 Å². The van der Waals surface area contributed by atoms with Crippen molar-refractivity contribution in [2.24, 2.45) is 10.4 Å². The molecule has 0 aromatic carbocycles. The molecule has 6 heteroatoms. The molecule has 4 rings (SSSR count). The number of rotatable bonds is 4. The number of hydrogen-bond donors (Lipinski definition) is 1. The summed E-state index contributed by atoms with van der Waals surface area (Å²) in [6.07, 6.45) is 11.8. The molecule has 3 heterocycles. The zero-order chi connectivity index (χ0) is 19.5. The third-order valence-electron chi connectivity index (χ3n) is 8.06. The smallest absolute Gasteiger partial charge is 0.193 e. The number of guanidine groups is 1. The van der Waals surface area contributed by atoms with E-state index in [4.69, 9.17) is 9.47 Å². The van der Waals surface area contributed by atoms with E-state index in [9.17, 15) is 0 Å². The Labute approximate surface area is 171 Å². The fraction of sp³-hybridized carbons (Fsp3) is 0.955. The van der Waals surface area contributed by atoms with Gasteiger partial charge in [-0.3, -0.25) is 9.89 Å². The summed E-state index contributed by atoms with van der Waals surface area (Å²) in [6.45, 7) is 7.51. The molecule has 4 fully saturated rings. The summed E-state index contributed by atoms with van der Waals surface area (Å²) in [4.78, 5) is 9.94. The summed E-state index contributed by atoms with van der Waals surface area (Å²) < 4.78 is 11.2. The largest absolute Gasteiger partial charge is 0.381 e. The van der Waals surface area contributed by atoms with E-state index in [2.05, 4.69) is 20.1 Å². The number of ether oxygens (including phenoxy) is 2. The molecule has 3 aliphatic heterocycles. The van der Waals surface area contributed by atoms with Gasteiger partial charge in [-0.05, 0) is 50.4 Å². The highest BCUT2D eigenvalue weighted by Gasteiger charge is 2.43. The van der Waals surface area contributed by atoms with Crippen LogP contribution in [-0.2, 0) is 9.47 Å². The number of nitrogens with zero attached hydrogens (tertiary/aromatic N) is 3. The predicted octanol–water partition coefficient (Wildman–Crippen LogP) is 2.49. The summed E-state index contributed by atoms with van der Waals surface area (Å²) in [7, 11) is 3.81. The molecule has 0 aromatic rings. The molecule has 1 saturated carbocycles. The second kappa shape index (κ2) is 8.88. The van der Waals surface area contributed by atoms with Crippen LogP contribution in [0.15, 0.2) is 4.99 Å². The average molecular weight is 393 g/mol. The molecule has 28 heavy (non-hydrogen) atoms. The lowest BCUT2D eigenvalue weighted by Crippen LogP contribution is -2.58. The number of piperidine rings is 1. The number of likely N-dealkylation sites (tertiary alicyclic amines) is 2. The highest BCUT2D eigenvalue weighted by atomic mass is 16.5. The van der Waals surface area contributed by atoms with Crippen molar-refractivity contribution in [3.8, 4) is 0 Å². The van der Waals surface area contributed by atoms with Crippen LogP contribution in [0.3, 0.4) is 0 Å². The summed E-state index contributed by atoms with van der Waals surface area (Å²) in [5.41, 5.74) is 0.772. The molecule has 0 unspecified atom stereocenters. The van der Waals surface area contributed by atoms with Gasteiger partial charge in [0.25, 0.3) is 0 Å². The van der Waals surface area contributed by atoms with Crippen molar-refractivity contribution in [3.63, 3.8) is 0 Å². The number of hydrogen-bond acceptors (Lipinski definition) is 4. The molecular formula is C22H40N4O2. The van der Waals surface area contributed by atoms with Crippen molar-refractivity contribution in [2.75, 3.05) is 60.1 Å². The van der Waals surface area contributed by atoms with E-state index < -0.39 is 0 Å². The lowest BCUT2D eigenvalue weighted by atomic mass is 9.80. The summed E-state index contributed by atoms with van der Waals surface area (Å²) in [5.74, 6) is 1.11. The fourth-order valence-electron chi connectivity index (χ4n) is 6.11. The molecule has 3 saturated heterocycles. The van der Waals surface area contributed by atoms with Crippen LogP contribution in [-0.4, -0.2) is 87.5 Å². The summed E-state index contributed by atoms with van der Waals surface area (Å²) >= 11 is 0. The van der Waals surface area contributed by atoms with E-state index in [1.54, 1.807) is 0 Å². The van der Waals surface area contributed by atoms with Gasteiger partial charge in [-0.25, -0.2) is 0 Å². The molecular weight excluding hydrogens is 352 g/mol. The quantitative estimate of drug-likeness (QED) is 0.588. The zero-order valence-corrected chi connectivity index (χ0v) is 18.0. The highest BCUT2D eigenvalue weighted by Crippen LogP contribution is 2.40. The maximum absolute atomic E-state index is 5.61. The summed E-state index contributed by atoms with van der Waals surface area (Å²) in [5, 5.41) is 3.81. The van der Waals surface area contributed by atoms with Crippen LogP contribution in [0.2, 0.25) is 0 Å². The molecule has 0 aromatic heterocycles. The van der Waals surface area contributed by atoms with Gasteiger partial charge in [0.1, 0.15) is 0 Å². The van der Waals surface area contributed by atoms with Gasteiger partial charge in [0.2, 0.25) is 0 Å². The molecule has 1 N–H and O–H groups in total. The summed E-state index contributed by atoms with van der Waals surface area (Å²) in [6, 6.07) is 0. The normalized spacial score (nSPS) is 28.9. The van der Waals surface area contributed by atoms with E-state index in [-0.39, 0.29) is 0 Å². The molecule has 0 radical (unpaired) electrons. The Morgan fingerprint density at radius 2 is 1.79 bits per heavy atom. The topological polar surface area (TPSA) is 49.3 Å². The molecule has 1 aliphatic carbocycles. The van der Waals surface area contributed by atoms with Crippen molar-refractivity contribution in [3.05, 3.63) is 0 Å². The Morgan fingerprint density at radius 1 is 1.07 bits per heavy atom. The second-order valence-electron chi connectivity index (χ2n) is 9.54. The molecule has 0 amide bonds. The van der Waals surface area contributed by atoms with Gasteiger partial charge >= 0.3 is 0 Å². The lowest BCUT2D eigenvalue weighted by molar-refractivity contribution is -0.00183. The third kappa shape index (κ3) is 4.19. The van der Waals surface area contributed by atoms with Gasteiger partial charge in [0.05, 0.1) is 6.10 Å². The van der Waals surface area contributed by atoms with Crippen molar-refractivity contribution in [1.29, 1.82) is 0 Å². The molecule has 4 aliphatic rings. The van der Waals surface area contributed by atoms with E-state index in [1.165, 1.54) is 70.9 Å². The molecule has 1 spiro atoms. The number of nitrogens with one attached hydrogen (secondary N) is 1. The zero-order valence-electron chi connectivity index (χ0n) is 18.0. The molecule has 0 bridgehead atoms. The van der Waals surface area contributed by atoms with Crippen LogP contribution < -0.4 is 5.32 Å². The Hall–Kier alpha value is -0.850. The van der Waals surface area contributed by atoms with Gasteiger partial charge in [0.15, 0.2) is 5.96 Å². The van der Waals surface area contributed by atoms with E-state index in [1.807, 2.05) is 14.2 Å². The Kier molecular flexibility index (Phi) is 6.48. The van der Waals surface area contributed by atoms with Gasteiger partial charge in [-0.2, -0.15) is 0 Å². The minimum absolute atomic E-state index is 0.310. The predicted molar refractivity (Wildman–Crippen MR) is 113 cm³/mol. The van der Waals surface area contributed by atoms with E-state index in [0.717, 1.165) is 38.8 Å². The maximum atomic E-state index is 5.61. The Bertz CT molecular complexity index is 533. The van der Waals surface area contributed by atoms with Crippen LogP contribution in [0.25, 0.3) is 0 Å². The van der Waals surface area contributed by atoms with Crippen LogP contribution >= 0.6 is 0 Å². The minimum atomic E-state index is 0.310. The molecule has 6 nitrogen and oxygen atoms in total. The Morgan fingerprint density at radius 3 is 2.43 bits per heavy atom. The van der Waals surface area contributed by atoms with Crippen molar-refractivity contribution >= 4 is 5.96 Å². The van der Waals surface area contributed by atoms with Gasteiger partial charge in [-0.15, -0.1) is 0 Å². The number of methoxy groups -OCH3 is 1. The van der Waals surface area contributed by atoms with Gasteiger partial charge in [0, 0.05) is 65.6 Å². The first-order chi connectivity index (χ1) is 13.7. The minimum Gasteiger partial charge on any atom is -0.381 e. The standard InChI is InChI=1S/C22H40N4O2/c1-23-20(25-14-9-21(18-25)10-15-28-16-11-21)24-17-22(7-3-4-8-22)26-12-5-19(27-2)6-13-26/h19H,3-18H2,1-2H3,(H,23,24). The first-order valence-corrected chi connectivity index (χ1v) is 11.5. The monoisotopic (exact) mass is 392 g/mol. The number of aliphatic imine (C=N–C) groups is 1. The van der Waals surface area contributed by atoms with Crippen molar-refractivity contribution < 1.29 is 9.47 Å². The van der Waals surface area contributed by atoms with Crippen LogP contribution in [0, 0.1) is 5.41 Å². The van der Waals surface area contributed by atoms with Crippen molar-refractivity contribution in [1.82, 2.24) is 15.1 Å². The van der Waals surface area contributed by atoms with Gasteiger partial charge in [-0.1, -0.05) is 12.8 Å². The van der Waals surface area contributed by atoms with Crippen LogP contribution in [0.4, 0.5) is 0 Å². The average Bonchev–Trinajstić information content (AvgIpc) is 3.38. The highest BCUT2D eigenvalue weighted by molar-refractivity contribution is 5.80. The second-order valence-corrected chi connectivity index (χ2v) is 9.54. The van der Waals surface area contributed by atoms with Gasteiger partial charge < -0.3 is 19.7 Å². The van der Waals surface area contributed by atoms with Crippen molar-refractivity contribution in [2.45, 2.75) is 69.4 Å². The molecule has 0 atom stereocenters. The SMILES string of the molecule is CN=C(NCC1(N2CCC(OC)CC2)CCCC1)N1CCC2(CCOCC2)C1. The maximum Gasteiger partial charge on any atom is 0.193 e. The van der Waals surface area contributed by atoms with E-state index in [0.29, 0.717) is 17.1 Å². The third-order valence-corrected chi connectivity index (χ3v) is 8.06. The van der Waals surface area contributed by atoms with E-state index >= 15 is 0 Å². The first-order valence-electron chi connectivity index (χ1n) is 11.5. The molecule has 160 valence electrons. The Balaban J connectivity index is 1.35. The first kappa shape index (κ1) is 20.4. The fourth-order valence-corrected chi connectivity index (χ4v) is 6.11. The lowest BCUT2D eigenvalue weighted by Gasteiger charge is -2.45. The van der Waals surface area contributed by atoms with Crippen LogP contribution in [0.1, 0.15) is 57.8 Å².